The summed E-state index contributed by atoms with van der Waals surface area (Å²) in [6.45, 7) is 5.68. The number of primary amides is 1. The summed E-state index contributed by atoms with van der Waals surface area (Å²) in [6.07, 6.45) is 0. The summed E-state index contributed by atoms with van der Waals surface area (Å²) >= 11 is 0. The van der Waals surface area contributed by atoms with Gasteiger partial charge in [0.05, 0.1) is 24.3 Å². The lowest BCUT2D eigenvalue weighted by molar-refractivity contribution is -0.157. The molecule has 0 rings (SSSR count). The number of aliphatic hydroxyl groups excluding tert-OH is 2. The van der Waals surface area contributed by atoms with Crippen molar-refractivity contribution >= 4 is 11.8 Å². The van der Waals surface area contributed by atoms with Gasteiger partial charge in [-0.05, 0) is 27.7 Å². The predicted molar refractivity (Wildman–Crippen MR) is 58.4 cm³/mol. The molecule has 94 valence electrons. The first-order valence-electron chi connectivity index (χ1n) is 4.96. The standard InChI is InChI=1S/C10H20N2O4/c1-9(2,5-13)12(8(16)7(11)15)10(3,4)6-14/h13-14H,5-6H2,1-4H3,(H2,11,15). The van der Waals surface area contributed by atoms with E-state index in [4.69, 9.17) is 5.73 Å². The van der Waals surface area contributed by atoms with E-state index in [1.165, 1.54) is 0 Å². The Morgan fingerprint density at radius 2 is 1.38 bits per heavy atom. The molecule has 6 heteroatoms. The van der Waals surface area contributed by atoms with E-state index in [2.05, 4.69) is 0 Å². The van der Waals surface area contributed by atoms with E-state index in [9.17, 15) is 19.8 Å². The normalized spacial score (nSPS) is 12.4. The second-order valence-electron chi connectivity index (χ2n) is 4.95. The van der Waals surface area contributed by atoms with Crippen molar-refractivity contribution in [2.45, 2.75) is 38.8 Å². The van der Waals surface area contributed by atoms with Gasteiger partial charge in [-0.25, -0.2) is 0 Å². The molecule has 0 heterocycles. The minimum absolute atomic E-state index is 0.338. The molecular weight excluding hydrogens is 212 g/mol. The summed E-state index contributed by atoms with van der Waals surface area (Å²) < 4.78 is 0. The first kappa shape index (κ1) is 14.9. The smallest absolute Gasteiger partial charge is 0.312 e. The van der Waals surface area contributed by atoms with Gasteiger partial charge in [0.15, 0.2) is 0 Å². The minimum Gasteiger partial charge on any atom is -0.394 e. The summed E-state index contributed by atoms with van der Waals surface area (Å²) in [5.41, 5.74) is 3.00. The van der Waals surface area contributed by atoms with Crippen molar-refractivity contribution in [3.63, 3.8) is 0 Å². The maximum atomic E-state index is 11.7. The van der Waals surface area contributed by atoms with Crippen LogP contribution in [-0.2, 0) is 9.59 Å². The highest BCUT2D eigenvalue weighted by Gasteiger charge is 2.42. The van der Waals surface area contributed by atoms with Crippen LogP contribution in [0.1, 0.15) is 27.7 Å². The van der Waals surface area contributed by atoms with Gasteiger partial charge in [0.2, 0.25) is 0 Å². The number of hydrogen-bond acceptors (Lipinski definition) is 4. The number of nitrogens with zero attached hydrogens (tertiary/aromatic N) is 1. The first-order chi connectivity index (χ1) is 7.10. The van der Waals surface area contributed by atoms with Crippen molar-refractivity contribution in [2.75, 3.05) is 13.2 Å². The third kappa shape index (κ3) is 2.93. The van der Waals surface area contributed by atoms with Crippen LogP contribution in [0.5, 0.6) is 0 Å². The molecule has 0 saturated heterocycles. The van der Waals surface area contributed by atoms with Crippen molar-refractivity contribution in [1.29, 1.82) is 0 Å². The number of carbonyl (C=O) groups excluding carboxylic acids is 2. The van der Waals surface area contributed by atoms with Crippen molar-refractivity contribution in [3.05, 3.63) is 0 Å². The molecule has 0 spiro atoms. The van der Waals surface area contributed by atoms with Crippen LogP contribution in [0, 0.1) is 0 Å². The SMILES string of the molecule is CC(C)(CO)N(C(=O)C(N)=O)C(C)(C)CO. The molecule has 0 radical (unpaired) electrons. The Balaban J connectivity index is 5.39. The molecule has 0 bridgehead atoms. The number of hydrogen-bond donors (Lipinski definition) is 3. The van der Waals surface area contributed by atoms with E-state index in [0.717, 1.165) is 4.90 Å². The Hall–Kier alpha value is -1.14. The summed E-state index contributed by atoms with van der Waals surface area (Å²) in [7, 11) is 0. The zero-order valence-corrected chi connectivity index (χ0v) is 10.1. The fraction of sp³-hybridized carbons (Fsp3) is 0.800. The monoisotopic (exact) mass is 232 g/mol. The third-order valence-corrected chi connectivity index (χ3v) is 2.40. The van der Waals surface area contributed by atoms with E-state index in [0.29, 0.717) is 0 Å². The highest BCUT2D eigenvalue weighted by Crippen LogP contribution is 2.25. The lowest BCUT2D eigenvalue weighted by Crippen LogP contribution is -2.63. The van der Waals surface area contributed by atoms with Crippen LogP contribution in [0.4, 0.5) is 0 Å². The molecule has 0 fully saturated rings. The predicted octanol–water partition coefficient (Wildman–Crippen LogP) is -1.16. The van der Waals surface area contributed by atoms with Crippen LogP contribution in [0.15, 0.2) is 0 Å². The molecule has 0 aromatic rings. The molecule has 0 saturated carbocycles. The topological polar surface area (TPSA) is 104 Å². The molecule has 4 N–H and O–H groups in total. The number of rotatable bonds is 4. The minimum atomic E-state index is -1.11. The molecule has 0 atom stereocenters. The van der Waals surface area contributed by atoms with Gasteiger partial charge in [0, 0.05) is 0 Å². The van der Waals surface area contributed by atoms with Gasteiger partial charge in [0.1, 0.15) is 0 Å². The van der Waals surface area contributed by atoms with Gasteiger partial charge >= 0.3 is 11.8 Å². The largest absolute Gasteiger partial charge is 0.394 e. The molecule has 0 aromatic heterocycles. The Kier molecular flexibility index (Phi) is 4.45. The van der Waals surface area contributed by atoms with Crippen LogP contribution >= 0.6 is 0 Å². The van der Waals surface area contributed by atoms with Crippen molar-refractivity contribution < 1.29 is 19.8 Å². The van der Waals surface area contributed by atoms with E-state index < -0.39 is 22.9 Å². The maximum absolute atomic E-state index is 11.7. The average Bonchev–Trinajstić information content (AvgIpc) is 2.17. The third-order valence-electron chi connectivity index (χ3n) is 2.40. The summed E-state index contributed by atoms with van der Waals surface area (Å²) in [5, 5.41) is 18.5. The van der Waals surface area contributed by atoms with Gasteiger partial charge < -0.3 is 20.8 Å². The van der Waals surface area contributed by atoms with Crippen LogP contribution in [0.2, 0.25) is 0 Å². The molecule has 2 amide bonds. The molecule has 16 heavy (non-hydrogen) atoms. The van der Waals surface area contributed by atoms with Crippen LogP contribution in [0.3, 0.4) is 0 Å². The second-order valence-corrected chi connectivity index (χ2v) is 4.95. The quantitative estimate of drug-likeness (QED) is 0.532. The Morgan fingerprint density at radius 3 is 1.56 bits per heavy atom. The van der Waals surface area contributed by atoms with E-state index in [1.807, 2.05) is 0 Å². The van der Waals surface area contributed by atoms with Gasteiger partial charge in [-0.3, -0.25) is 9.59 Å². The highest BCUT2D eigenvalue weighted by molar-refractivity contribution is 6.34. The first-order valence-corrected chi connectivity index (χ1v) is 4.96. The lowest BCUT2D eigenvalue weighted by atomic mass is 9.93. The van der Waals surface area contributed by atoms with Crippen LogP contribution in [0.25, 0.3) is 0 Å². The molecule has 0 aliphatic carbocycles. The maximum Gasteiger partial charge on any atom is 0.312 e. The van der Waals surface area contributed by atoms with Gasteiger partial charge in [-0.2, -0.15) is 0 Å². The fourth-order valence-electron chi connectivity index (χ4n) is 1.62. The number of aliphatic hydroxyl groups is 2. The Bertz CT molecular complexity index is 271. The molecular formula is C10H20N2O4. The van der Waals surface area contributed by atoms with Crippen LogP contribution < -0.4 is 5.73 Å². The number of carbonyl (C=O) groups is 2. The zero-order valence-electron chi connectivity index (χ0n) is 10.1. The highest BCUT2D eigenvalue weighted by atomic mass is 16.3. The van der Waals surface area contributed by atoms with E-state index in [1.54, 1.807) is 27.7 Å². The van der Waals surface area contributed by atoms with E-state index >= 15 is 0 Å². The second kappa shape index (κ2) is 4.80. The van der Waals surface area contributed by atoms with Gasteiger partial charge in [-0.1, -0.05) is 0 Å². The van der Waals surface area contributed by atoms with Crippen molar-refractivity contribution in [2.24, 2.45) is 5.73 Å². The Morgan fingerprint density at radius 1 is 1.06 bits per heavy atom. The van der Waals surface area contributed by atoms with E-state index in [-0.39, 0.29) is 13.2 Å². The van der Waals surface area contributed by atoms with Crippen LogP contribution in [-0.4, -0.2) is 51.2 Å². The number of nitrogens with two attached hydrogens (primary N) is 1. The van der Waals surface area contributed by atoms with Gasteiger partial charge in [-0.15, -0.1) is 0 Å². The molecule has 0 aromatic carbocycles. The number of amides is 2. The molecule has 0 unspecified atom stereocenters. The fourth-order valence-corrected chi connectivity index (χ4v) is 1.62. The average molecular weight is 232 g/mol. The summed E-state index contributed by atoms with van der Waals surface area (Å²) in [5.74, 6) is -2.03. The summed E-state index contributed by atoms with van der Waals surface area (Å²) in [6, 6.07) is 0. The summed E-state index contributed by atoms with van der Waals surface area (Å²) in [4.78, 5) is 23.7. The zero-order chi connectivity index (χ0) is 13.1. The van der Waals surface area contributed by atoms with Gasteiger partial charge in [0.25, 0.3) is 0 Å². The molecule has 6 nitrogen and oxygen atoms in total. The Labute approximate surface area is 95.0 Å². The molecule has 0 aliphatic heterocycles. The lowest BCUT2D eigenvalue weighted by Gasteiger charge is -2.46. The van der Waals surface area contributed by atoms with Crippen molar-refractivity contribution in [3.8, 4) is 0 Å². The van der Waals surface area contributed by atoms with Crippen molar-refractivity contribution in [1.82, 2.24) is 4.90 Å². The molecule has 0 aliphatic rings.